The van der Waals surface area contributed by atoms with Crippen LogP contribution < -0.4 is 10.6 Å². The van der Waals surface area contributed by atoms with Crippen LogP contribution in [0.1, 0.15) is 56.2 Å². The van der Waals surface area contributed by atoms with Crippen molar-refractivity contribution in [2.24, 2.45) is 5.73 Å². The molecule has 1 heterocycles. The van der Waals surface area contributed by atoms with Crippen LogP contribution in [-0.2, 0) is 25.2 Å². The highest BCUT2D eigenvalue weighted by Gasteiger charge is 2.42. The SMILES string of the molecule is CCCCOC(=O)C1=C(N)N(c2cccc(C(F)(F)F)c2)C(C)=C(C(=O)OCC)C1c1ccc(C#N)cc1. The zero-order chi connectivity index (χ0) is 28.0. The van der Waals surface area contributed by atoms with E-state index in [9.17, 15) is 28.0 Å². The molecule has 0 amide bonds. The molecule has 1 unspecified atom stereocenters. The minimum Gasteiger partial charge on any atom is -0.463 e. The number of ether oxygens (including phenoxy) is 2. The van der Waals surface area contributed by atoms with Gasteiger partial charge in [-0.05, 0) is 56.2 Å². The van der Waals surface area contributed by atoms with Crippen molar-refractivity contribution in [3.63, 3.8) is 0 Å². The predicted octanol–water partition coefficient (Wildman–Crippen LogP) is 5.53. The summed E-state index contributed by atoms with van der Waals surface area (Å²) in [5.74, 6) is -2.79. The van der Waals surface area contributed by atoms with Gasteiger partial charge in [0.1, 0.15) is 5.82 Å². The van der Waals surface area contributed by atoms with Crippen LogP contribution in [0, 0.1) is 11.3 Å². The van der Waals surface area contributed by atoms with Gasteiger partial charge in [0, 0.05) is 11.4 Å². The van der Waals surface area contributed by atoms with Crippen LogP contribution in [0.3, 0.4) is 0 Å². The highest BCUT2D eigenvalue weighted by Crippen LogP contribution is 2.44. The highest BCUT2D eigenvalue weighted by molar-refractivity contribution is 6.01. The highest BCUT2D eigenvalue weighted by atomic mass is 19.4. The third kappa shape index (κ3) is 5.83. The third-order valence-corrected chi connectivity index (χ3v) is 6.07. The second-order valence-electron chi connectivity index (χ2n) is 8.56. The lowest BCUT2D eigenvalue weighted by Crippen LogP contribution is -2.39. The van der Waals surface area contributed by atoms with Crippen molar-refractivity contribution in [3.8, 4) is 6.07 Å². The molecule has 3 rings (SSSR count). The van der Waals surface area contributed by atoms with E-state index in [1.54, 1.807) is 19.1 Å². The molecule has 0 saturated heterocycles. The Labute approximate surface area is 218 Å². The number of rotatable bonds is 8. The standard InChI is InChI=1S/C28H28F3N3O4/c1-4-6-14-38-27(36)24-23(19-12-10-18(16-32)11-13-19)22(26(35)37-5-2)17(3)34(25(24)33)21-9-7-8-20(15-21)28(29,30)31/h7-13,15,23H,4-6,14,33H2,1-3H3. The maximum atomic E-state index is 13.5. The molecule has 7 nitrogen and oxygen atoms in total. The number of esters is 2. The van der Waals surface area contributed by atoms with E-state index in [2.05, 4.69) is 0 Å². The van der Waals surface area contributed by atoms with E-state index in [-0.39, 0.29) is 41.6 Å². The van der Waals surface area contributed by atoms with E-state index in [0.29, 0.717) is 17.5 Å². The van der Waals surface area contributed by atoms with Gasteiger partial charge >= 0.3 is 18.1 Å². The largest absolute Gasteiger partial charge is 0.463 e. The summed E-state index contributed by atoms with van der Waals surface area (Å²) in [6.07, 6.45) is -3.29. The number of nitrogens with two attached hydrogens (primary N) is 1. The van der Waals surface area contributed by atoms with Crippen LogP contribution in [0.4, 0.5) is 18.9 Å². The summed E-state index contributed by atoms with van der Waals surface area (Å²) >= 11 is 0. The number of unbranched alkanes of at least 4 members (excludes halogenated alkanes) is 1. The van der Waals surface area contributed by atoms with Gasteiger partial charge in [-0.25, -0.2) is 9.59 Å². The summed E-state index contributed by atoms with van der Waals surface area (Å²) in [4.78, 5) is 28.0. The summed E-state index contributed by atoms with van der Waals surface area (Å²) < 4.78 is 51.3. The summed E-state index contributed by atoms with van der Waals surface area (Å²) in [5.41, 5.74) is 6.52. The Morgan fingerprint density at radius 2 is 1.71 bits per heavy atom. The number of hydrogen-bond acceptors (Lipinski definition) is 7. The number of benzene rings is 2. The van der Waals surface area contributed by atoms with Gasteiger partial charge in [0.25, 0.3) is 0 Å². The minimum absolute atomic E-state index is 0.00811. The molecule has 0 spiro atoms. The fourth-order valence-electron chi connectivity index (χ4n) is 4.24. The number of carbonyl (C=O) groups excluding carboxylic acids is 2. The van der Waals surface area contributed by atoms with Crippen LogP contribution in [0.15, 0.2) is 71.2 Å². The Kier molecular flexibility index (Phi) is 8.84. The fraction of sp³-hybridized carbons (Fsp3) is 0.321. The first-order valence-corrected chi connectivity index (χ1v) is 12.1. The van der Waals surface area contributed by atoms with E-state index < -0.39 is 29.6 Å². The van der Waals surface area contributed by atoms with Gasteiger partial charge in [0.2, 0.25) is 0 Å². The zero-order valence-corrected chi connectivity index (χ0v) is 21.3. The molecule has 1 atom stereocenters. The number of halogens is 3. The molecule has 0 saturated carbocycles. The lowest BCUT2D eigenvalue weighted by molar-refractivity contribution is -0.140. The van der Waals surface area contributed by atoms with Crippen molar-refractivity contribution >= 4 is 17.6 Å². The normalized spacial score (nSPS) is 15.8. The van der Waals surface area contributed by atoms with Gasteiger partial charge in [0.05, 0.1) is 47.5 Å². The maximum Gasteiger partial charge on any atom is 0.416 e. The number of alkyl halides is 3. The molecule has 200 valence electrons. The molecule has 0 radical (unpaired) electrons. The summed E-state index contributed by atoms with van der Waals surface area (Å²) in [6.45, 7) is 5.17. The Morgan fingerprint density at radius 1 is 1.05 bits per heavy atom. The Bertz CT molecular complexity index is 1310. The van der Waals surface area contributed by atoms with Crippen LogP contribution in [0.2, 0.25) is 0 Å². The second kappa shape index (κ2) is 11.9. The lowest BCUT2D eigenvalue weighted by atomic mass is 9.80. The molecule has 38 heavy (non-hydrogen) atoms. The molecule has 0 fully saturated rings. The van der Waals surface area contributed by atoms with Gasteiger partial charge in [-0.3, -0.25) is 0 Å². The van der Waals surface area contributed by atoms with Crippen molar-refractivity contribution in [3.05, 3.63) is 87.9 Å². The van der Waals surface area contributed by atoms with Crippen molar-refractivity contribution < 1.29 is 32.2 Å². The monoisotopic (exact) mass is 527 g/mol. The molecule has 1 aliphatic heterocycles. The van der Waals surface area contributed by atoms with Gasteiger partial charge in [-0.2, -0.15) is 18.4 Å². The Hall–Kier alpha value is -4.26. The number of allylic oxidation sites excluding steroid dienone is 1. The molecule has 2 aromatic carbocycles. The Morgan fingerprint density at radius 3 is 2.29 bits per heavy atom. The average molecular weight is 528 g/mol. The summed E-state index contributed by atoms with van der Waals surface area (Å²) in [5, 5.41) is 9.21. The lowest BCUT2D eigenvalue weighted by Gasteiger charge is -2.37. The van der Waals surface area contributed by atoms with Crippen molar-refractivity contribution in [2.45, 2.75) is 45.7 Å². The van der Waals surface area contributed by atoms with E-state index in [4.69, 9.17) is 15.2 Å². The summed E-state index contributed by atoms with van der Waals surface area (Å²) in [7, 11) is 0. The van der Waals surface area contributed by atoms with Gasteiger partial charge < -0.3 is 20.1 Å². The van der Waals surface area contributed by atoms with E-state index in [1.807, 2.05) is 13.0 Å². The van der Waals surface area contributed by atoms with Gasteiger partial charge in [-0.15, -0.1) is 0 Å². The average Bonchev–Trinajstić information content (AvgIpc) is 2.88. The quantitative estimate of drug-likeness (QED) is 0.355. The van der Waals surface area contributed by atoms with Crippen molar-refractivity contribution in [2.75, 3.05) is 18.1 Å². The first kappa shape index (κ1) is 28.3. The zero-order valence-electron chi connectivity index (χ0n) is 21.3. The molecule has 10 heteroatoms. The molecule has 1 aliphatic rings. The second-order valence-corrected chi connectivity index (χ2v) is 8.56. The third-order valence-electron chi connectivity index (χ3n) is 6.07. The number of anilines is 1. The van der Waals surface area contributed by atoms with Gasteiger partial charge in [0.15, 0.2) is 0 Å². The van der Waals surface area contributed by atoms with Crippen LogP contribution in [-0.4, -0.2) is 25.2 Å². The molecule has 0 aromatic heterocycles. The first-order chi connectivity index (χ1) is 18.0. The van der Waals surface area contributed by atoms with Crippen LogP contribution >= 0.6 is 0 Å². The van der Waals surface area contributed by atoms with E-state index in [0.717, 1.165) is 18.6 Å². The summed E-state index contributed by atoms with van der Waals surface area (Å²) in [6, 6.07) is 12.7. The number of nitriles is 1. The molecule has 0 aliphatic carbocycles. The van der Waals surface area contributed by atoms with Crippen molar-refractivity contribution in [1.29, 1.82) is 5.26 Å². The Balaban J connectivity index is 2.30. The number of carbonyl (C=O) groups is 2. The number of hydrogen-bond donors (Lipinski definition) is 1. The molecule has 2 N–H and O–H groups in total. The molecular weight excluding hydrogens is 499 g/mol. The minimum atomic E-state index is -4.63. The van der Waals surface area contributed by atoms with Crippen LogP contribution in [0.5, 0.6) is 0 Å². The van der Waals surface area contributed by atoms with Crippen molar-refractivity contribution in [1.82, 2.24) is 0 Å². The topological polar surface area (TPSA) is 106 Å². The van der Waals surface area contributed by atoms with E-state index >= 15 is 0 Å². The maximum absolute atomic E-state index is 13.5. The molecule has 0 bridgehead atoms. The van der Waals surface area contributed by atoms with Crippen LogP contribution in [0.25, 0.3) is 0 Å². The first-order valence-electron chi connectivity index (χ1n) is 12.1. The molecular formula is C28H28F3N3O4. The predicted molar refractivity (Wildman–Crippen MR) is 134 cm³/mol. The van der Waals surface area contributed by atoms with E-state index in [1.165, 1.54) is 36.1 Å². The number of nitrogens with zero attached hydrogens (tertiary/aromatic N) is 2. The van der Waals surface area contributed by atoms with Gasteiger partial charge in [-0.1, -0.05) is 31.5 Å². The fourth-order valence-corrected chi connectivity index (χ4v) is 4.24. The molecule has 2 aromatic rings. The smallest absolute Gasteiger partial charge is 0.416 e.